The first-order valence-electron chi connectivity index (χ1n) is 3.69. The Morgan fingerprint density at radius 2 is 1.31 bits per heavy atom. The Hall–Kier alpha value is -0.640. The summed E-state index contributed by atoms with van der Waals surface area (Å²) in [5.41, 5.74) is 0. The number of rotatable bonds is 0. The lowest BCUT2D eigenvalue weighted by molar-refractivity contribution is -0.370. The molecule has 1 heterocycles. The van der Waals surface area contributed by atoms with Gasteiger partial charge in [0, 0.05) is 0 Å². The van der Waals surface area contributed by atoms with Crippen LogP contribution in [0.25, 0.3) is 0 Å². The second-order valence-corrected chi connectivity index (χ2v) is 3.14. The highest BCUT2D eigenvalue weighted by atomic mass is 19.4. The van der Waals surface area contributed by atoms with Gasteiger partial charge in [-0.1, -0.05) is 0 Å². The summed E-state index contributed by atoms with van der Waals surface area (Å²) >= 11 is 0. The molecule has 0 aromatic rings. The van der Waals surface area contributed by atoms with Crippen LogP contribution in [0.2, 0.25) is 0 Å². The molecule has 0 spiro atoms. The van der Waals surface area contributed by atoms with Crippen LogP contribution >= 0.6 is 0 Å². The topological polar surface area (TPSA) is 29.5 Å². The fourth-order valence-corrected chi connectivity index (χ4v) is 0.973. The van der Waals surface area contributed by atoms with Crippen molar-refractivity contribution in [3.8, 4) is 0 Å². The van der Waals surface area contributed by atoms with E-state index >= 15 is 0 Å². The van der Waals surface area contributed by atoms with E-state index in [0.29, 0.717) is 0 Å². The molecule has 10 heteroatoms. The van der Waals surface area contributed by atoms with Crippen molar-refractivity contribution in [2.75, 3.05) is 6.61 Å². The molecule has 1 rings (SSSR count). The fourth-order valence-electron chi connectivity index (χ4n) is 0.973. The highest BCUT2D eigenvalue weighted by Gasteiger charge is 2.84. The number of aliphatic hydroxyl groups excluding tert-OH is 1. The van der Waals surface area contributed by atoms with Crippen LogP contribution in [-0.2, 0) is 4.74 Å². The molecule has 0 saturated carbocycles. The van der Waals surface area contributed by atoms with E-state index < -0.39 is 36.6 Å². The number of hydrogen-bond acceptors (Lipinski definition) is 2. The summed E-state index contributed by atoms with van der Waals surface area (Å²) in [6.07, 6.45) is -3.73. The Morgan fingerprint density at radius 1 is 0.875 bits per heavy atom. The first kappa shape index (κ1) is 13.4. The molecule has 1 unspecified atom stereocenters. The summed E-state index contributed by atoms with van der Waals surface area (Å²) in [4.78, 5) is 0. The van der Waals surface area contributed by atoms with Crippen LogP contribution in [0.4, 0.5) is 35.1 Å². The monoisotopic (exact) mass is 260 g/mol. The molecule has 96 valence electrons. The van der Waals surface area contributed by atoms with Crippen molar-refractivity contribution in [1.82, 2.24) is 0 Å². The van der Waals surface area contributed by atoms with Gasteiger partial charge in [0.15, 0.2) is 0 Å². The van der Waals surface area contributed by atoms with Gasteiger partial charge in [-0.25, -0.2) is 0 Å². The molecule has 1 saturated heterocycles. The third-order valence-corrected chi connectivity index (χ3v) is 2.00. The summed E-state index contributed by atoms with van der Waals surface area (Å²) in [6, 6.07) is 0. The Morgan fingerprint density at radius 3 is 1.75 bits per heavy atom. The van der Waals surface area contributed by atoms with Crippen molar-refractivity contribution in [3.05, 3.63) is 0 Å². The van der Waals surface area contributed by atoms with Crippen LogP contribution in [0.15, 0.2) is 0 Å². The first-order chi connectivity index (χ1) is 6.88. The van der Waals surface area contributed by atoms with Crippen LogP contribution < -0.4 is 0 Å². The third-order valence-electron chi connectivity index (χ3n) is 2.00. The summed E-state index contributed by atoms with van der Waals surface area (Å²) in [6.45, 7) is -2.44. The first-order valence-corrected chi connectivity index (χ1v) is 3.69. The standard InChI is InChI=1S/C6H4F8O2/c7-3(8)1-16-2(15)4(9,10)6(13,14)5(3,11)12/h2,15H,1H2. The van der Waals surface area contributed by atoms with Crippen molar-refractivity contribution in [3.63, 3.8) is 0 Å². The van der Waals surface area contributed by atoms with Crippen molar-refractivity contribution >= 4 is 0 Å². The zero-order chi connectivity index (χ0) is 13.0. The molecule has 1 atom stereocenters. The van der Waals surface area contributed by atoms with Crippen LogP contribution in [0.1, 0.15) is 0 Å². The van der Waals surface area contributed by atoms with Gasteiger partial charge in [-0.2, -0.15) is 35.1 Å². The van der Waals surface area contributed by atoms with Crippen molar-refractivity contribution in [2.24, 2.45) is 0 Å². The van der Waals surface area contributed by atoms with Crippen molar-refractivity contribution < 1.29 is 45.0 Å². The number of ether oxygens (including phenoxy) is 1. The zero-order valence-electron chi connectivity index (χ0n) is 7.16. The molecule has 2 nitrogen and oxygen atoms in total. The van der Waals surface area contributed by atoms with E-state index in [-0.39, 0.29) is 0 Å². The lowest BCUT2D eigenvalue weighted by Gasteiger charge is -2.33. The highest BCUT2D eigenvalue weighted by molar-refractivity contribution is 5.06. The van der Waals surface area contributed by atoms with Crippen LogP contribution in [0, 0.1) is 0 Å². The average molecular weight is 260 g/mol. The lowest BCUT2D eigenvalue weighted by atomic mass is 10.0. The van der Waals surface area contributed by atoms with E-state index in [1.54, 1.807) is 0 Å². The van der Waals surface area contributed by atoms with E-state index in [2.05, 4.69) is 4.74 Å². The van der Waals surface area contributed by atoms with Gasteiger partial charge in [0.05, 0.1) is 0 Å². The molecule has 1 aliphatic heterocycles. The maximum absolute atomic E-state index is 12.5. The predicted octanol–water partition coefficient (Wildman–Crippen LogP) is 1.88. The molecule has 0 bridgehead atoms. The molecule has 0 amide bonds. The fraction of sp³-hybridized carbons (Fsp3) is 1.00. The van der Waals surface area contributed by atoms with Crippen molar-refractivity contribution in [1.29, 1.82) is 0 Å². The summed E-state index contributed by atoms with van der Waals surface area (Å²) in [7, 11) is 0. The number of aliphatic hydroxyl groups is 1. The zero-order valence-corrected chi connectivity index (χ0v) is 7.16. The highest BCUT2D eigenvalue weighted by Crippen LogP contribution is 2.55. The van der Waals surface area contributed by atoms with Gasteiger partial charge < -0.3 is 9.84 Å². The van der Waals surface area contributed by atoms with Crippen molar-refractivity contribution in [2.45, 2.75) is 30.0 Å². The van der Waals surface area contributed by atoms with Gasteiger partial charge in [-0.05, 0) is 0 Å². The van der Waals surface area contributed by atoms with Gasteiger partial charge >= 0.3 is 23.7 Å². The number of hydrogen-bond donors (Lipinski definition) is 1. The Bertz CT molecular complexity index is 288. The molecular formula is C6H4F8O2. The SMILES string of the molecule is OC1OCC(F)(F)C(F)(F)C(F)(F)C1(F)F. The van der Waals surface area contributed by atoms with Gasteiger partial charge in [-0.15, -0.1) is 0 Å². The minimum atomic E-state index is -6.43. The van der Waals surface area contributed by atoms with Crippen LogP contribution in [-0.4, -0.2) is 41.7 Å². The van der Waals surface area contributed by atoms with Gasteiger partial charge in [-0.3, -0.25) is 0 Å². The summed E-state index contributed by atoms with van der Waals surface area (Å²) in [5, 5.41) is 8.30. The normalized spacial score (nSPS) is 35.4. The lowest BCUT2D eigenvalue weighted by Crippen LogP contribution is -2.63. The van der Waals surface area contributed by atoms with Gasteiger partial charge in [0.2, 0.25) is 6.29 Å². The van der Waals surface area contributed by atoms with Gasteiger partial charge in [0.25, 0.3) is 0 Å². The minimum Gasteiger partial charge on any atom is -0.363 e. The van der Waals surface area contributed by atoms with Gasteiger partial charge in [0.1, 0.15) is 6.61 Å². The molecule has 1 fully saturated rings. The molecule has 1 N–H and O–H groups in total. The number of halogens is 8. The largest absolute Gasteiger partial charge is 0.383 e. The van der Waals surface area contributed by atoms with E-state index in [9.17, 15) is 35.1 Å². The molecule has 0 aromatic carbocycles. The minimum absolute atomic E-state index is 2.44. The molecule has 0 aliphatic carbocycles. The molecule has 0 radical (unpaired) electrons. The molecular weight excluding hydrogens is 256 g/mol. The Balaban J connectivity index is 3.35. The maximum Gasteiger partial charge on any atom is 0.383 e. The smallest absolute Gasteiger partial charge is 0.363 e. The number of alkyl halides is 8. The second-order valence-electron chi connectivity index (χ2n) is 3.14. The summed E-state index contributed by atoms with van der Waals surface area (Å²) < 4.78 is 103. The predicted molar refractivity (Wildman–Crippen MR) is 31.7 cm³/mol. The molecule has 16 heavy (non-hydrogen) atoms. The Labute approximate surface area is 82.8 Å². The van der Waals surface area contributed by atoms with E-state index in [1.165, 1.54) is 0 Å². The average Bonchev–Trinajstić information content (AvgIpc) is 2.14. The summed E-state index contributed by atoms with van der Waals surface area (Å²) in [5.74, 6) is -24.1. The van der Waals surface area contributed by atoms with Crippen LogP contribution in [0.5, 0.6) is 0 Å². The van der Waals surface area contributed by atoms with E-state index in [4.69, 9.17) is 5.11 Å². The maximum atomic E-state index is 12.5. The second kappa shape index (κ2) is 3.19. The molecule has 1 aliphatic rings. The quantitative estimate of drug-likeness (QED) is 0.674. The van der Waals surface area contributed by atoms with E-state index in [0.717, 1.165) is 0 Å². The van der Waals surface area contributed by atoms with E-state index in [1.807, 2.05) is 0 Å². The Kier molecular flexibility index (Phi) is 2.67. The molecule has 0 aromatic heterocycles. The third kappa shape index (κ3) is 1.39. The van der Waals surface area contributed by atoms with Crippen LogP contribution in [0.3, 0.4) is 0 Å².